The molecule has 1 aromatic heterocycles. The van der Waals surface area contributed by atoms with Gasteiger partial charge >= 0.3 is 0 Å². The minimum atomic E-state index is 0.0403. The molecule has 1 unspecified atom stereocenters. The van der Waals surface area contributed by atoms with Crippen LogP contribution < -0.4 is 5.32 Å². The van der Waals surface area contributed by atoms with Gasteiger partial charge < -0.3 is 14.6 Å². The van der Waals surface area contributed by atoms with E-state index in [4.69, 9.17) is 4.74 Å². The fraction of sp³-hybridized carbons (Fsp3) is 0.727. The van der Waals surface area contributed by atoms with E-state index in [1.165, 1.54) is 12.1 Å². The summed E-state index contributed by atoms with van der Waals surface area (Å²) in [4.78, 5) is 4.08. The molecule has 84 valence electrons. The molecule has 4 nitrogen and oxygen atoms in total. The Labute approximate surface area is 90.6 Å². The van der Waals surface area contributed by atoms with Crippen LogP contribution in [0.5, 0.6) is 0 Å². The lowest BCUT2D eigenvalue weighted by Crippen LogP contribution is -2.37. The molecule has 0 amide bonds. The van der Waals surface area contributed by atoms with E-state index in [-0.39, 0.29) is 5.60 Å². The molecule has 1 fully saturated rings. The van der Waals surface area contributed by atoms with Gasteiger partial charge in [-0.15, -0.1) is 0 Å². The first-order valence-corrected chi connectivity index (χ1v) is 5.49. The molecule has 2 rings (SSSR count). The number of imidazole rings is 1. The van der Waals surface area contributed by atoms with Gasteiger partial charge in [-0.1, -0.05) is 0 Å². The number of nitrogens with zero attached hydrogens (tertiary/aromatic N) is 2. The van der Waals surface area contributed by atoms with Gasteiger partial charge in [-0.2, -0.15) is 0 Å². The predicted molar refractivity (Wildman–Crippen MR) is 58.5 cm³/mol. The van der Waals surface area contributed by atoms with E-state index in [1.54, 1.807) is 0 Å². The summed E-state index contributed by atoms with van der Waals surface area (Å²) in [7, 11) is 2.01. The van der Waals surface area contributed by atoms with Crippen molar-refractivity contribution in [1.82, 2.24) is 14.9 Å². The molecule has 2 heterocycles. The van der Waals surface area contributed by atoms with Gasteiger partial charge in [0.25, 0.3) is 0 Å². The van der Waals surface area contributed by atoms with Crippen molar-refractivity contribution in [2.45, 2.75) is 31.9 Å². The molecule has 1 aromatic rings. The van der Waals surface area contributed by atoms with Crippen LogP contribution in [0.3, 0.4) is 0 Å². The van der Waals surface area contributed by atoms with Crippen LogP contribution >= 0.6 is 0 Å². The number of nitrogens with one attached hydrogen (secondary N) is 1. The molecule has 0 saturated carbocycles. The number of rotatable bonds is 4. The molecule has 0 aliphatic carbocycles. The Morgan fingerprint density at radius 2 is 2.53 bits per heavy atom. The summed E-state index contributed by atoms with van der Waals surface area (Å²) in [5, 5.41) is 3.43. The van der Waals surface area contributed by atoms with Crippen LogP contribution in [-0.4, -0.2) is 28.3 Å². The first-order chi connectivity index (χ1) is 7.20. The zero-order valence-corrected chi connectivity index (χ0v) is 9.49. The summed E-state index contributed by atoms with van der Waals surface area (Å²) >= 11 is 0. The lowest BCUT2D eigenvalue weighted by molar-refractivity contribution is 0.0206. The second-order valence-corrected chi connectivity index (χ2v) is 4.50. The van der Waals surface area contributed by atoms with Gasteiger partial charge in [-0.25, -0.2) is 4.98 Å². The third kappa shape index (κ3) is 2.58. The van der Waals surface area contributed by atoms with E-state index in [0.717, 1.165) is 26.1 Å². The van der Waals surface area contributed by atoms with Crippen molar-refractivity contribution in [1.29, 1.82) is 0 Å². The normalized spacial score (nSPS) is 26.0. The topological polar surface area (TPSA) is 39.1 Å². The van der Waals surface area contributed by atoms with Crippen LogP contribution in [0.25, 0.3) is 0 Å². The van der Waals surface area contributed by atoms with Crippen LogP contribution in [-0.2, 0) is 18.3 Å². The first-order valence-electron chi connectivity index (χ1n) is 5.49. The molecule has 0 spiro atoms. The lowest BCUT2D eigenvalue weighted by atomic mass is 10.0. The predicted octanol–water partition coefficient (Wildman–Crippen LogP) is 1.08. The van der Waals surface area contributed by atoms with Gasteiger partial charge in [0.2, 0.25) is 0 Å². The summed E-state index contributed by atoms with van der Waals surface area (Å²) in [5.74, 6) is 0. The minimum Gasteiger partial charge on any atom is -0.374 e. The van der Waals surface area contributed by atoms with Crippen LogP contribution in [0, 0.1) is 0 Å². The molecule has 4 heteroatoms. The maximum Gasteiger partial charge on any atom is 0.0945 e. The Hall–Kier alpha value is -0.870. The highest BCUT2D eigenvalue weighted by molar-refractivity contribution is 4.97. The Balaban J connectivity index is 1.77. The average Bonchev–Trinajstić information content (AvgIpc) is 2.78. The summed E-state index contributed by atoms with van der Waals surface area (Å²) in [5.41, 5.74) is 1.25. The van der Waals surface area contributed by atoms with Gasteiger partial charge in [0, 0.05) is 32.9 Å². The maximum absolute atomic E-state index is 5.71. The minimum absolute atomic E-state index is 0.0403. The van der Waals surface area contributed by atoms with Gasteiger partial charge in [-0.3, -0.25) is 0 Å². The van der Waals surface area contributed by atoms with Crippen LogP contribution in [0.4, 0.5) is 0 Å². The van der Waals surface area contributed by atoms with E-state index < -0.39 is 0 Å². The van der Waals surface area contributed by atoms with Crippen LogP contribution in [0.2, 0.25) is 0 Å². The van der Waals surface area contributed by atoms with Crippen molar-refractivity contribution in [2.75, 3.05) is 13.2 Å². The summed E-state index contributed by atoms with van der Waals surface area (Å²) in [6.07, 6.45) is 6.06. The molecular formula is C11H19N3O. The Kier molecular flexibility index (Phi) is 3.07. The van der Waals surface area contributed by atoms with Crippen LogP contribution in [0.1, 0.15) is 25.5 Å². The van der Waals surface area contributed by atoms with Crippen LogP contribution in [0.15, 0.2) is 12.5 Å². The van der Waals surface area contributed by atoms with Gasteiger partial charge in [-0.05, 0) is 19.8 Å². The van der Waals surface area contributed by atoms with E-state index >= 15 is 0 Å². The molecule has 0 radical (unpaired) electrons. The molecule has 1 atom stereocenters. The highest BCUT2D eigenvalue weighted by Gasteiger charge is 2.28. The monoisotopic (exact) mass is 209 g/mol. The third-order valence-electron chi connectivity index (χ3n) is 3.02. The summed E-state index contributed by atoms with van der Waals surface area (Å²) < 4.78 is 7.74. The largest absolute Gasteiger partial charge is 0.374 e. The van der Waals surface area contributed by atoms with E-state index in [2.05, 4.69) is 17.2 Å². The second-order valence-electron chi connectivity index (χ2n) is 4.50. The number of aryl methyl sites for hydroxylation is 1. The van der Waals surface area contributed by atoms with Gasteiger partial charge in [0.1, 0.15) is 0 Å². The van der Waals surface area contributed by atoms with E-state index in [9.17, 15) is 0 Å². The molecule has 15 heavy (non-hydrogen) atoms. The number of ether oxygens (including phenoxy) is 1. The molecule has 0 aromatic carbocycles. The summed E-state index contributed by atoms with van der Waals surface area (Å²) in [6.45, 7) is 4.85. The van der Waals surface area contributed by atoms with E-state index in [1.807, 2.05) is 24.1 Å². The fourth-order valence-corrected chi connectivity index (χ4v) is 1.99. The zero-order valence-electron chi connectivity index (χ0n) is 9.49. The van der Waals surface area contributed by atoms with Crippen molar-refractivity contribution in [2.24, 2.45) is 7.05 Å². The van der Waals surface area contributed by atoms with Crippen molar-refractivity contribution < 1.29 is 4.74 Å². The standard InChI is InChI=1S/C11H19N3O/c1-11(4-3-5-15-11)8-12-6-10-7-13-9-14(10)2/h7,9,12H,3-6,8H2,1-2H3. The Morgan fingerprint density at radius 1 is 1.67 bits per heavy atom. The fourth-order valence-electron chi connectivity index (χ4n) is 1.99. The lowest BCUT2D eigenvalue weighted by Gasteiger charge is -2.23. The SMILES string of the molecule is Cn1cncc1CNCC1(C)CCCO1. The van der Waals surface area contributed by atoms with Crippen molar-refractivity contribution in [3.05, 3.63) is 18.2 Å². The third-order valence-corrected chi connectivity index (χ3v) is 3.02. The molecule has 1 saturated heterocycles. The zero-order chi connectivity index (χ0) is 10.7. The number of hydrogen-bond acceptors (Lipinski definition) is 3. The Morgan fingerprint density at radius 3 is 3.13 bits per heavy atom. The van der Waals surface area contributed by atoms with Crippen molar-refractivity contribution >= 4 is 0 Å². The molecule has 1 N–H and O–H groups in total. The number of hydrogen-bond donors (Lipinski definition) is 1. The van der Waals surface area contributed by atoms with Gasteiger partial charge in [0.05, 0.1) is 17.6 Å². The molecule has 1 aliphatic heterocycles. The number of aromatic nitrogens is 2. The quantitative estimate of drug-likeness (QED) is 0.806. The summed E-state index contributed by atoms with van der Waals surface area (Å²) in [6, 6.07) is 0. The highest BCUT2D eigenvalue weighted by atomic mass is 16.5. The van der Waals surface area contributed by atoms with Crippen molar-refractivity contribution in [3.63, 3.8) is 0 Å². The second kappa shape index (κ2) is 4.33. The van der Waals surface area contributed by atoms with Gasteiger partial charge in [0.15, 0.2) is 0 Å². The van der Waals surface area contributed by atoms with E-state index in [0.29, 0.717) is 0 Å². The molecule has 1 aliphatic rings. The maximum atomic E-state index is 5.71. The molecular weight excluding hydrogens is 190 g/mol. The smallest absolute Gasteiger partial charge is 0.0945 e. The first kappa shape index (κ1) is 10.6. The highest BCUT2D eigenvalue weighted by Crippen LogP contribution is 2.23. The Bertz CT molecular complexity index is 315. The van der Waals surface area contributed by atoms with Crippen molar-refractivity contribution in [3.8, 4) is 0 Å². The average molecular weight is 209 g/mol. The molecule has 0 bridgehead atoms.